The Hall–Kier alpha value is -1.66. The molecule has 1 atom stereocenters. The third-order valence-corrected chi connectivity index (χ3v) is 3.09. The average Bonchev–Trinajstić information content (AvgIpc) is 2.92. The second-order valence-corrected chi connectivity index (χ2v) is 4.70. The number of hydrogen-bond acceptors (Lipinski definition) is 3. The van der Waals surface area contributed by atoms with Crippen molar-refractivity contribution < 1.29 is 13.5 Å². The van der Waals surface area contributed by atoms with Crippen LogP contribution in [-0.2, 0) is 6.54 Å². The van der Waals surface area contributed by atoms with Gasteiger partial charge in [-0.05, 0) is 25.1 Å². The molecule has 0 spiro atoms. The highest BCUT2D eigenvalue weighted by atomic mass is 35.5. The fourth-order valence-corrected chi connectivity index (χ4v) is 1.97. The summed E-state index contributed by atoms with van der Waals surface area (Å²) in [6.45, 7) is -0.556. The topological polar surface area (TPSA) is 49.9 Å². The van der Waals surface area contributed by atoms with Crippen molar-refractivity contribution in [3.05, 3.63) is 46.7 Å². The maximum absolute atomic E-state index is 12.3. The molecule has 2 rings (SSSR count). The van der Waals surface area contributed by atoms with E-state index in [-0.39, 0.29) is 11.8 Å². The molecule has 0 saturated heterocycles. The van der Waals surface area contributed by atoms with E-state index in [1.165, 1.54) is 12.1 Å². The first-order chi connectivity index (χ1) is 9.56. The van der Waals surface area contributed by atoms with E-state index in [1.807, 2.05) is 6.92 Å². The number of halogens is 3. The molecule has 0 aliphatic heterocycles. The molecule has 2 N–H and O–H groups in total. The Labute approximate surface area is 120 Å². The average molecular weight is 302 g/mol. The van der Waals surface area contributed by atoms with Gasteiger partial charge in [-0.25, -0.2) is 0 Å². The van der Waals surface area contributed by atoms with Gasteiger partial charge in [-0.15, -0.1) is 0 Å². The molecule has 1 aromatic carbocycles. The van der Waals surface area contributed by atoms with Crippen LogP contribution in [0.3, 0.4) is 0 Å². The van der Waals surface area contributed by atoms with Crippen molar-refractivity contribution in [3.8, 4) is 5.75 Å². The molecule has 0 aliphatic carbocycles. The van der Waals surface area contributed by atoms with Crippen molar-refractivity contribution in [2.75, 3.05) is 0 Å². The zero-order chi connectivity index (χ0) is 14.5. The van der Waals surface area contributed by atoms with E-state index in [4.69, 9.17) is 11.6 Å². The Balaban J connectivity index is 2.06. The number of ether oxygens (including phenoxy) is 1. The van der Waals surface area contributed by atoms with Crippen LogP contribution in [0.1, 0.15) is 24.1 Å². The van der Waals surface area contributed by atoms with Gasteiger partial charge in [0.2, 0.25) is 0 Å². The van der Waals surface area contributed by atoms with Crippen LogP contribution >= 0.6 is 11.6 Å². The number of nitrogens with one attached hydrogen (secondary N) is 2. The molecule has 0 saturated carbocycles. The molecule has 4 nitrogen and oxygen atoms in total. The molecule has 1 heterocycles. The van der Waals surface area contributed by atoms with Crippen molar-refractivity contribution in [1.82, 2.24) is 15.5 Å². The Morgan fingerprint density at radius 3 is 2.90 bits per heavy atom. The van der Waals surface area contributed by atoms with Crippen LogP contribution < -0.4 is 10.1 Å². The lowest BCUT2D eigenvalue weighted by molar-refractivity contribution is -0.0505. The number of aromatic nitrogens is 2. The highest BCUT2D eigenvalue weighted by Gasteiger charge is 2.12. The monoisotopic (exact) mass is 301 g/mol. The molecular formula is C13H14ClF2N3O. The SMILES string of the molecule is CC(NCc1cc(Cl)ccc1OC(F)F)c1cn[nH]c1. The predicted octanol–water partition coefficient (Wildman–Crippen LogP) is 3.52. The number of alkyl halides is 2. The lowest BCUT2D eigenvalue weighted by Gasteiger charge is -2.15. The third kappa shape index (κ3) is 3.91. The van der Waals surface area contributed by atoms with Crippen LogP contribution in [0.25, 0.3) is 0 Å². The molecule has 7 heteroatoms. The third-order valence-electron chi connectivity index (χ3n) is 2.86. The second-order valence-electron chi connectivity index (χ2n) is 4.26. The van der Waals surface area contributed by atoms with E-state index < -0.39 is 6.61 Å². The highest BCUT2D eigenvalue weighted by molar-refractivity contribution is 6.30. The maximum Gasteiger partial charge on any atom is 0.387 e. The molecule has 108 valence electrons. The minimum atomic E-state index is -2.86. The van der Waals surface area contributed by atoms with Gasteiger partial charge in [0.1, 0.15) is 5.75 Å². The summed E-state index contributed by atoms with van der Waals surface area (Å²) in [6.07, 6.45) is 3.47. The van der Waals surface area contributed by atoms with Crippen molar-refractivity contribution in [3.63, 3.8) is 0 Å². The molecular weight excluding hydrogens is 288 g/mol. The standard InChI is InChI=1S/C13H14ClF2N3O/c1-8(10-6-18-19-7-10)17-5-9-4-11(14)2-3-12(9)20-13(15)16/h2-4,6-8,13,17H,5H2,1H3,(H,18,19). The van der Waals surface area contributed by atoms with Gasteiger partial charge in [0.15, 0.2) is 0 Å². The van der Waals surface area contributed by atoms with Crippen LogP contribution in [0.5, 0.6) is 5.75 Å². The Morgan fingerprint density at radius 2 is 2.25 bits per heavy atom. The second kappa shape index (κ2) is 6.67. The summed E-state index contributed by atoms with van der Waals surface area (Å²) in [5.74, 6) is 0.122. The highest BCUT2D eigenvalue weighted by Crippen LogP contribution is 2.25. The lowest BCUT2D eigenvalue weighted by Crippen LogP contribution is -2.18. The van der Waals surface area contributed by atoms with Crippen LogP contribution in [0.2, 0.25) is 5.02 Å². The predicted molar refractivity (Wildman–Crippen MR) is 71.9 cm³/mol. The maximum atomic E-state index is 12.3. The van der Waals surface area contributed by atoms with Gasteiger partial charge in [0.25, 0.3) is 0 Å². The van der Waals surface area contributed by atoms with Crippen LogP contribution in [-0.4, -0.2) is 16.8 Å². The van der Waals surface area contributed by atoms with Gasteiger partial charge < -0.3 is 10.1 Å². The lowest BCUT2D eigenvalue weighted by atomic mass is 10.1. The number of benzene rings is 1. The molecule has 20 heavy (non-hydrogen) atoms. The van der Waals surface area contributed by atoms with E-state index in [9.17, 15) is 8.78 Å². The molecule has 1 aromatic heterocycles. The number of aromatic amines is 1. The van der Waals surface area contributed by atoms with Crippen LogP contribution in [0.4, 0.5) is 8.78 Å². The first-order valence-electron chi connectivity index (χ1n) is 6.01. The van der Waals surface area contributed by atoms with Crippen LogP contribution in [0.15, 0.2) is 30.6 Å². The summed E-state index contributed by atoms with van der Waals surface area (Å²) < 4.78 is 29.1. The van der Waals surface area contributed by atoms with Crippen molar-refractivity contribution >= 4 is 11.6 Å². The molecule has 0 aliphatic rings. The van der Waals surface area contributed by atoms with Gasteiger partial charge in [0.05, 0.1) is 6.20 Å². The normalized spacial score (nSPS) is 12.7. The summed E-state index contributed by atoms with van der Waals surface area (Å²) >= 11 is 5.88. The van der Waals surface area contributed by atoms with E-state index >= 15 is 0 Å². The minimum Gasteiger partial charge on any atom is -0.434 e. The zero-order valence-corrected chi connectivity index (χ0v) is 11.5. The quantitative estimate of drug-likeness (QED) is 0.858. The molecule has 2 aromatic rings. The van der Waals surface area contributed by atoms with Gasteiger partial charge in [-0.2, -0.15) is 13.9 Å². The minimum absolute atomic E-state index is 0.0205. The van der Waals surface area contributed by atoms with Crippen molar-refractivity contribution in [2.45, 2.75) is 26.1 Å². The first kappa shape index (κ1) is 14.7. The van der Waals surface area contributed by atoms with Crippen molar-refractivity contribution in [1.29, 1.82) is 0 Å². The van der Waals surface area contributed by atoms with E-state index in [0.717, 1.165) is 5.56 Å². The molecule has 0 fully saturated rings. The molecule has 0 bridgehead atoms. The largest absolute Gasteiger partial charge is 0.434 e. The van der Waals surface area contributed by atoms with Gasteiger partial charge >= 0.3 is 6.61 Å². The first-order valence-corrected chi connectivity index (χ1v) is 6.39. The smallest absolute Gasteiger partial charge is 0.387 e. The number of nitrogens with zero attached hydrogens (tertiary/aromatic N) is 1. The number of rotatable bonds is 6. The number of hydrogen-bond donors (Lipinski definition) is 2. The van der Waals surface area contributed by atoms with E-state index in [0.29, 0.717) is 17.1 Å². The van der Waals surface area contributed by atoms with Gasteiger partial charge in [0, 0.05) is 34.9 Å². The van der Waals surface area contributed by atoms with E-state index in [1.54, 1.807) is 18.5 Å². The summed E-state index contributed by atoms with van der Waals surface area (Å²) in [6, 6.07) is 4.58. The van der Waals surface area contributed by atoms with Gasteiger partial charge in [-0.3, -0.25) is 5.10 Å². The number of H-pyrrole nitrogens is 1. The fraction of sp³-hybridized carbons (Fsp3) is 0.308. The Bertz CT molecular complexity index is 549. The van der Waals surface area contributed by atoms with E-state index in [2.05, 4.69) is 20.3 Å². The summed E-state index contributed by atoms with van der Waals surface area (Å²) in [4.78, 5) is 0. The summed E-state index contributed by atoms with van der Waals surface area (Å²) in [7, 11) is 0. The summed E-state index contributed by atoms with van der Waals surface area (Å²) in [5, 5.41) is 10.3. The molecule has 1 unspecified atom stereocenters. The van der Waals surface area contributed by atoms with Crippen molar-refractivity contribution in [2.24, 2.45) is 0 Å². The summed E-state index contributed by atoms with van der Waals surface area (Å²) in [5.41, 5.74) is 1.55. The zero-order valence-electron chi connectivity index (χ0n) is 10.7. The molecule has 0 amide bonds. The Morgan fingerprint density at radius 1 is 1.45 bits per heavy atom. The van der Waals surface area contributed by atoms with Crippen LogP contribution in [0, 0.1) is 0 Å². The molecule has 0 radical (unpaired) electrons. The fourth-order valence-electron chi connectivity index (χ4n) is 1.78. The Kier molecular flexibility index (Phi) is 4.92. The van der Waals surface area contributed by atoms with Gasteiger partial charge in [-0.1, -0.05) is 11.6 Å².